The van der Waals surface area contributed by atoms with Gasteiger partial charge in [0.05, 0.1) is 5.60 Å². The highest BCUT2D eigenvalue weighted by Gasteiger charge is 2.43. The quantitative estimate of drug-likeness (QED) is 0.689. The molecule has 1 atom stereocenters. The number of ether oxygens (including phenoxy) is 1. The summed E-state index contributed by atoms with van der Waals surface area (Å²) >= 11 is 0. The Labute approximate surface area is 87.6 Å². The number of nitrogens with zero attached hydrogens (tertiary/aromatic N) is 1. The molecule has 1 aliphatic carbocycles. The first-order valence-electron chi connectivity index (χ1n) is 6.17. The van der Waals surface area contributed by atoms with Crippen molar-refractivity contribution in [3.63, 3.8) is 0 Å². The molecule has 2 aliphatic rings. The van der Waals surface area contributed by atoms with Crippen LogP contribution in [0.25, 0.3) is 0 Å². The molecule has 0 N–H and O–H groups in total. The minimum atomic E-state index is 0.311. The van der Waals surface area contributed by atoms with E-state index in [0.29, 0.717) is 5.60 Å². The molecule has 2 rings (SSSR count). The van der Waals surface area contributed by atoms with Crippen molar-refractivity contribution in [2.24, 2.45) is 0 Å². The monoisotopic (exact) mass is 197 g/mol. The van der Waals surface area contributed by atoms with Crippen molar-refractivity contribution in [3.05, 3.63) is 0 Å². The normalized spacial score (nSPS) is 30.6. The molecule has 1 saturated carbocycles. The Kier molecular flexibility index (Phi) is 3.13. The van der Waals surface area contributed by atoms with Crippen LogP contribution < -0.4 is 0 Å². The Bertz CT molecular complexity index is 185. The Morgan fingerprint density at radius 1 is 1.29 bits per heavy atom. The standard InChI is InChI=1S/C12H23NO/c1-3-13(4-2)11-6-9-14-12(10-11)7-5-8-12/h11H,3-10H2,1-2H3. The zero-order chi connectivity index (χ0) is 10.0. The SMILES string of the molecule is CCN(CC)C1CCOC2(CCC2)C1. The molecule has 1 unspecified atom stereocenters. The van der Waals surface area contributed by atoms with E-state index in [1.165, 1.54) is 45.2 Å². The average Bonchev–Trinajstić information content (AvgIpc) is 2.18. The van der Waals surface area contributed by atoms with Crippen molar-refractivity contribution in [1.82, 2.24) is 4.90 Å². The van der Waals surface area contributed by atoms with Crippen LogP contribution in [-0.2, 0) is 4.74 Å². The summed E-state index contributed by atoms with van der Waals surface area (Å²) in [7, 11) is 0. The van der Waals surface area contributed by atoms with Gasteiger partial charge in [0, 0.05) is 12.6 Å². The van der Waals surface area contributed by atoms with E-state index in [1.54, 1.807) is 0 Å². The van der Waals surface area contributed by atoms with Crippen LogP contribution in [0.3, 0.4) is 0 Å². The minimum absolute atomic E-state index is 0.311. The van der Waals surface area contributed by atoms with Crippen LogP contribution in [0.15, 0.2) is 0 Å². The van der Waals surface area contributed by atoms with Crippen LogP contribution in [0, 0.1) is 0 Å². The third kappa shape index (κ3) is 1.82. The lowest BCUT2D eigenvalue weighted by atomic mass is 9.73. The van der Waals surface area contributed by atoms with Crippen molar-refractivity contribution >= 4 is 0 Å². The van der Waals surface area contributed by atoms with Gasteiger partial charge in [-0.15, -0.1) is 0 Å². The van der Waals surface area contributed by atoms with E-state index in [4.69, 9.17) is 4.74 Å². The van der Waals surface area contributed by atoms with Gasteiger partial charge in [0.2, 0.25) is 0 Å². The van der Waals surface area contributed by atoms with E-state index in [0.717, 1.165) is 12.6 Å². The van der Waals surface area contributed by atoms with E-state index in [2.05, 4.69) is 18.7 Å². The summed E-state index contributed by atoms with van der Waals surface area (Å²) in [6.45, 7) is 7.91. The zero-order valence-electron chi connectivity index (χ0n) is 9.59. The Hall–Kier alpha value is -0.0800. The lowest BCUT2D eigenvalue weighted by Crippen LogP contribution is -2.52. The fourth-order valence-corrected chi connectivity index (χ4v) is 2.97. The molecule has 1 aliphatic heterocycles. The van der Waals surface area contributed by atoms with Crippen molar-refractivity contribution in [2.75, 3.05) is 19.7 Å². The number of hydrogen-bond acceptors (Lipinski definition) is 2. The molecule has 0 aromatic rings. The number of rotatable bonds is 3. The summed E-state index contributed by atoms with van der Waals surface area (Å²) in [5.41, 5.74) is 0.311. The highest BCUT2D eigenvalue weighted by Crippen LogP contribution is 2.43. The highest BCUT2D eigenvalue weighted by molar-refractivity contribution is 4.96. The van der Waals surface area contributed by atoms with E-state index in [9.17, 15) is 0 Å². The first-order chi connectivity index (χ1) is 6.79. The Balaban J connectivity index is 1.92. The van der Waals surface area contributed by atoms with Gasteiger partial charge in [-0.05, 0) is 45.2 Å². The molecule has 0 amide bonds. The van der Waals surface area contributed by atoms with E-state index in [1.807, 2.05) is 0 Å². The summed E-state index contributed by atoms with van der Waals surface area (Å²) in [6.07, 6.45) is 6.53. The minimum Gasteiger partial charge on any atom is -0.375 e. The molecule has 0 bridgehead atoms. The Morgan fingerprint density at radius 3 is 2.50 bits per heavy atom. The maximum absolute atomic E-state index is 5.94. The molecule has 82 valence electrons. The first-order valence-corrected chi connectivity index (χ1v) is 6.17. The fraction of sp³-hybridized carbons (Fsp3) is 1.00. The maximum Gasteiger partial charge on any atom is 0.0697 e. The molecule has 1 spiro atoms. The smallest absolute Gasteiger partial charge is 0.0697 e. The molecular weight excluding hydrogens is 174 g/mol. The van der Waals surface area contributed by atoms with E-state index in [-0.39, 0.29) is 0 Å². The lowest BCUT2D eigenvalue weighted by Gasteiger charge is -2.49. The highest BCUT2D eigenvalue weighted by atomic mass is 16.5. The molecule has 2 fully saturated rings. The second-order valence-electron chi connectivity index (χ2n) is 4.75. The molecule has 14 heavy (non-hydrogen) atoms. The van der Waals surface area contributed by atoms with Crippen LogP contribution in [-0.4, -0.2) is 36.2 Å². The average molecular weight is 197 g/mol. The largest absolute Gasteiger partial charge is 0.375 e. The van der Waals surface area contributed by atoms with Gasteiger partial charge in [0.15, 0.2) is 0 Å². The zero-order valence-corrected chi connectivity index (χ0v) is 9.59. The molecule has 0 radical (unpaired) electrons. The van der Waals surface area contributed by atoms with Crippen molar-refractivity contribution in [2.45, 2.75) is 57.6 Å². The molecule has 2 nitrogen and oxygen atoms in total. The molecule has 0 aromatic heterocycles. The van der Waals surface area contributed by atoms with Crippen LogP contribution in [0.4, 0.5) is 0 Å². The van der Waals surface area contributed by atoms with E-state index >= 15 is 0 Å². The molecule has 2 heteroatoms. The van der Waals surface area contributed by atoms with Gasteiger partial charge >= 0.3 is 0 Å². The van der Waals surface area contributed by atoms with Crippen molar-refractivity contribution < 1.29 is 4.74 Å². The fourth-order valence-electron chi connectivity index (χ4n) is 2.97. The van der Waals surface area contributed by atoms with Crippen molar-refractivity contribution in [1.29, 1.82) is 0 Å². The summed E-state index contributed by atoms with van der Waals surface area (Å²) in [5.74, 6) is 0. The van der Waals surface area contributed by atoms with Gasteiger partial charge in [-0.25, -0.2) is 0 Å². The topological polar surface area (TPSA) is 12.5 Å². The third-order valence-corrected chi connectivity index (χ3v) is 4.06. The third-order valence-electron chi connectivity index (χ3n) is 4.06. The number of hydrogen-bond donors (Lipinski definition) is 0. The van der Waals surface area contributed by atoms with Gasteiger partial charge in [0.1, 0.15) is 0 Å². The lowest BCUT2D eigenvalue weighted by molar-refractivity contribution is -0.148. The van der Waals surface area contributed by atoms with Crippen LogP contribution in [0.5, 0.6) is 0 Å². The van der Waals surface area contributed by atoms with Crippen LogP contribution in [0.2, 0.25) is 0 Å². The first kappa shape index (κ1) is 10.4. The molecule has 0 aromatic carbocycles. The predicted molar refractivity (Wildman–Crippen MR) is 58.5 cm³/mol. The van der Waals surface area contributed by atoms with Crippen molar-refractivity contribution in [3.8, 4) is 0 Å². The van der Waals surface area contributed by atoms with Crippen LogP contribution in [0.1, 0.15) is 46.0 Å². The van der Waals surface area contributed by atoms with Gasteiger partial charge in [-0.3, -0.25) is 0 Å². The van der Waals surface area contributed by atoms with Crippen LogP contribution >= 0.6 is 0 Å². The second-order valence-corrected chi connectivity index (χ2v) is 4.75. The second kappa shape index (κ2) is 4.19. The summed E-state index contributed by atoms with van der Waals surface area (Å²) in [6, 6.07) is 0.791. The van der Waals surface area contributed by atoms with E-state index < -0.39 is 0 Å². The predicted octanol–water partition coefficient (Wildman–Crippen LogP) is 2.43. The summed E-state index contributed by atoms with van der Waals surface area (Å²) in [5, 5.41) is 0. The summed E-state index contributed by atoms with van der Waals surface area (Å²) in [4.78, 5) is 2.60. The Morgan fingerprint density at radius 2 is 2.00 bits per heavy atom. The molecule has 1 saturated heterocycles. The molecular formula is C12H23NO. The van der Waals surface area contributed by atoms with Gasteiger partial charge < -0.3 is 9.64 Å². The van der Waals surface area contributed by atoms with Gasteiger partial charge in [0.25, 0.3) is 0 Å². The van der Waals surface area contributed by atoms with Gasteiger partial charge in [-0.1, -0.05) is 13.8 Å². The molecule has 1 heterocycles. The maximum atomic E-state index is 5.94. The summed E-state index contributed by atoms with van der Waals surface area (Å²) < 4.78 is 5.94. The van der Waals surface area contributed by atoms with Gasteiger partial charge in [-0.2, -0.15) is 0 Å².